The van der Waals surface area contributed by atoms with Gasteiger partial charge in [0, 0.05) is 44.1 Å². The summed E-state index contributed by atoms with van der Waals surface area (Å²) < 4.78 is 42.9. The van der Waals surface area contributed by atoms with Crippen molar-refractivity contribution < 1.29 is 23.1 Å². The summed E-state index contributed by atoms with van der Waals surface area (Å²) in [6.45, 7) is 2.94. The van der Waals surface area contributed by atoms with Crippen LogP contribution in [0.1, 0.15) is 61.6 Å². The first-order valence-electron chi connectivity index (χ1n) is 12.7. The molecule has 3 aliphatic carbocycles. The number of urea groups is 1. The van der Waals surface area contributed by atoms with Crippen LogP contribution in [-0.2, 0) is 25.2 Å². The van der Waals surface area contributed by atoms with E-state index < -0.39 is 17.3 Å². The zero-order valence-electron chi connectivity index (χ0n) is 20.2. The molecule has 3 saturated carbocycles. The Labute approximate surface area is 206 Å². The number of amides is 2. The van der Waals surface area contributed by atoms with E-state index in [4.69, 9.17) is 0 Å². The number of nitrogens with zero attached hydrogens (tertiary/aromatic N) is 7. The van der Waals surface area contributed by atoms with Gasteiger partial charge in [-0.2, -0.15) is 23.4 Å². The molecule has 2 aliphatic heterocycles. The van der Waals surface area contributed by atoms with Crippen molar-refractivity contribution in [1.82, 2.24) is 34.3 Å². The fourth-order valence-corrected chi connectivity index (χ4v) is 7.17. The third-order valence-electron chi connectivity index (χ3n) is 9.30. The molecular formula is C24H30F3N7O2. The van der Waals surface area contributed by atoms with Crippen LogP contribution in [0.25, 0.3) is 0 Å². The number of likely N-dealkylation sites (tertiary alicyclic amines) is 2. The average Bonchev–Trinajstić information content (AvgIpc) is 3.10. The Bertz CT molecular complexity index is 1200. The van der Waals surface area contributed by atoms with Crippen LogP contribution in [-0.4, -0.2) is 71.7 Å². The fourth-order valence-electron chi connectivity index (χ4n) is 7.17. The van der Waals surface area contributed by atoms with Crippen LogP contribution >= 0.6 is 0 Å². The summed E-state index contributed by atoms with van der Waals surface area (Å²) in [5, 5.41) is 18.5. The molecule has 0 unspecified atom stereocenters. The molecule has 36 heavy (non-hydrogen) atoms. The van der Waals surface area contributed by atoms with E-state index in [9.17, 15) is 23.1 Å². The topological polar surface area (TPSA) is 92.3 Å². The van der Waals surface area contributed by atoms with E-state index in [0.717, 1.165) is 57.8 Å². The number of hydrogen-bond donors (Lipinski definition) is 1. The lowest BCUT2D eigenvalue weighted by atomic mass is 9.56. The molecule has 1 N–H and O–H groups in total. The molecule has 2 aromatic rings. The lowest BCUT2D eigenvalue weighted by molar-refractivity contribution is -0.138. The van der Waals surface area contributed by atoms with Crippen molar-refractivity contribution in [2.75, 3.05) is 26.2 Å². The van der Waals surface area contributed by atoms with E-state index in [1.165, 1.54) is 4.68 Å². The number of carbonyl (C=O) groups excluding carboxylic acids is 1. The van der Waals surface area contributed by atoms with Gasteiger partial charge in [0.1, 0.15) is 11.9 Å². The van der Waals surface area contributed by atoms with Crippen LogP contribution in [0, 0.1) is 16.7 Å². The highest BCUT2D eigenvalue weighted by molar-refractivity contribution is 5.77. The molecule has 0 aromatic carbocycles. The number of carbonyl (C=O) groups is 1. The minimum Gasteiger partial charge on any atom is -0.382 e. The maximum atomic E-state index is 13.2. The predicted molar refractivity (Wildman–Crippen MR) is 119 cm³/mol. The zero-order chi connectivity index (χ0) is 25.1. The monoisotopic (exact) mass is 505 g/mol. The van der Waals surface area contributed by atoms with Gasteiger partial charge in [0.25, 0.3) is 0 Å². The molecule has 0 bridgehead atoms. The number of halogens is 3. The maximum Gasteiger partial charge on any atom is 0.419 e. The number of hydrogen-bond acceptors (Lipinski definition) is 5. The van der Waals surface area contributed by atoms with Crippen LogP contribution in [0.4, 0.5) is 18.0 Å². The second kappa shape index (κ2) is 7.02. The maximum absolute atomic E-state index is 13.2. The van der Waals surface area contributed by atoms with E-state index in [0.29, 0.717) is 25.3 Å². The molecule has 5 fully saturated rings. The molecule has 2 saturated heterocycles. The van der Waals surface area contributed by atoms with E-state index in [-0.39, 0.29) is 34.5 Å². The van der Waals surface area contributed by atoms with Crippen molar-refractivity contribution in [3.63, 3.8) is 0 Å². The molecule has 194 valence electrons. The van der Waals surface area contributed by atoms with E-state index in [1.54, 1.807) is 13.4 Å². The van der Waals surface area contributed by atoms with Gasteiger partial charge in [-0.05, 0) is 50.9 Å². The Morgan fingerprint density at radius 3 is 2.28 bits per heavy atom. The number of rotatable bonds is 4. The first-order valence-corrected chi connectivity index (χ1v) is 12.7. The van der Waals surface area contributed by atoms with Crippen molar-refractivity contribution in [2.45, 2.75) is 62.8 Å². The van der Waals surface area contributed by atoms with E-state index >= 15 is 0 Å². The highest BCUT2D eigenvalue weighted by Crippen LogP contribution is 2.56. The molecular weight excluding hydrogens is 475 g/mol. The first-order chi connectivity index (χ1) is 17.0. The summed E-state index contributed by atoms with van der Waals surface area (Å²) in [6, 6.07) is 0.366. The van der Waals surface area contributed by atoms with E-state index in [2.05, 4.69) is 15.2 Å². The molecule has 7 rings (SSSR count). The molecule has 5 aliphatic rings. The molecule has 2 amide bonds. The SMILES string of the molecule is Cn1ncc(C(F)(F)F)c1CC1CC2(C1)CN(C(=O)N1CC3(CC(n4cnc(C5(O)CC5)n4)C3)C1)C2. The predicted octanol–water partition coefficient (Wildman–Crippen LogP) is 2.72. The largest absolute Gasteiger partial charge is 0.419 e. The Hall–Kier alpha value is -2.63. The van der Waals surface area contributed by atoms with Crippen molar-refractivity contribution in [3.05, 3.63) is 29.6 Å². The zero-order valence-corrected chi connectivity index (χ0v) is 20.2. The van der Waals surface area contributed by atoms with Gasteiger partial charge in [-0.3, -0.25) is 4.68 Å². The Morgan fingerprint density at radius 2 is 1.69 bits per heavy atom. The van der Waals surface area contributed by atoms with Crippen molar-refractivity contribution in [2.24, 2.45) is 23.8 Å². The van der Waals surface area contributed by atoms with Gasteiger partial charge in [-0.15, -0.1) is 0 Å². The molecule has 2 aromatic heterocycles. The first kappa shape index (κ1) is 22.6. The Morgan fingerprint density at radius 1 is 1.08 bits per heavy atom. The second-order valence-electron chi connectivity index (χ2n) is 12.2. The Balaban J connectivity index is 0.864. The van der Waals surface area contributed by atoms with Gasteiger partial charge in [-0.1, -0.05) is 0 Å². The standard InChI is InChI=1S/C24H30F3N7O2/c1-31-18(17(9-29-31)24(25,26)27)4-15-5-21(6-15)10-32(11-21)20(35)33-12-22(13-33)7-16(8-22)34-14-28-19(30-34)23(36)2-3-23/h9,14-16,36H,2-8,10-13H2,1H3. The Kier molecular flexibility index (Phi) is 4.40. The van der Waals surface area contributed by atoms with Crippen molar-refractivity contribution >= 4 is 6.03 Å². The summed E-state index contributed by atoms with van der Waals surface area (Å²) >= 11 is 0. The van der Waals surface area contributed by atoms with Crippen LogP contribution in [0.15, 0.2) is 12.5 Å². The summed E-state index contributed by atoms with van der Waals surface area (Å²) in [7, 11) is 1.56. The third kappa shape index (κ3) is 3.39. The lowest BCUT2D eigenvalue weighted by Crippen LogP contribution is -2.71. The summed E-state index contributed by atoms with van der Waals surface area (Å²) in [6.07, 6.45) is 3.75. The molecule has 2 spiro atoms. The number of aliphatic hydroxyl groups is 1. The van der Waals surface area contributed by atoms with Crippen LogP contribution < -0.4 is 0 Å². The van der Waals surface area contributed by atoms with Gasteiger partial charge in [0.2, 0.25) is 0 Å². The average molecular weight is 506 g/mol. The van der Waals surface area contributed by atoms with Crippen LogP contribution in [0.2, 0.25) is 0 Å². The van der Waals surface area contributed by atoms with Gasteiger partial charge in [0.15, 0.2) is 5.82 Å². The minimum absolute atomic E-state index is 0.0812. The fraction of sp³-hybridized carbons (Fsp3) is 0.750. The molecule has 4 heterocycles. The van der Waals surface area contributed by atoms with Gasteiger partial charge >= 0.3 is 12.2 Å². The van der Waals surface area contributed by atoms with Crippen molar-refractivity contribution in [1.29, 1.82) is 0 Å². The number of aromatic nitrogens is 5. The molecule has 9 nitrogen and oxygen atoms in total. The summed E-state index contributed by atoms with van der Waals surface area (Å²) in [5.74, 6) is 0.732. The highest BCUT2D eigenvalue weighted by Gasteiger charge is 2.59. The van der Waals surface area contributed by atoms with Crippen LogP contribution in [0.5, 0.6) is 0 Å². The molecule has 12 heteroatoms. The highest BCUT2D eigenvalue weighted by atomic mass is 19.4. The third-order valence-corrected chi connectivity index (χ3v) is 9.30. The smallest absolute Gasteiger partial charge is 0.382 e. The second-order valence-corrected chi connectivity index (χ2v) is 12.2. The lowest BCUT2D eigenvalue weighted by Gasteiger charge is -2.63. The van der Waals surface area contributed by atoms with Crippen LogP contribution in [0.3, 0.4) is 0 Å². The summed E-state index contributed by atoms with van der Waals surface area (Å²) in [5.41, 5.74) is -0.938. The molecule has 0 atom stereocenters. The number of alkyl halides is 3. The van der Waals surface area contributed by atoms with Crippen molar-refractivity contribution in [3.8, 4) is 0 Å². The van der Waals surface area contributed by atoms with E-state index in [1.807, 2.05) is 14.5 Å². The van der Waals surface area contributed by atoms with Gasteiger partial charge < -0.3 is 14.9 Å². The summed E-state index contributed by atoms with van der Waals surface area (Å²) in [4.78, 5) is 21.0. The van der Waals surface area contributed by atoms with Gasteiger partial charge in [-0.25, -0.2) is 14.5 Å². The quantitative estimate of drug-likeness (QED) is 0.690. The minimum atomic E-state index is -4.38. The molecule has 0 radical (unpaired) electrons. The van der Waals surface area contributed by atoms with Gasteiger partial charge in [0.05, 0.1) is 23.5 Å². The number of aryl methyl sites for hydroxylation is 1. The normalized spacial score (nSPS) is 25.9.